The van der Waals surface area contributed by atoms with Gasteiger partial charge in [-0.15, -0.1) is 17.0 Å². The number of hydrogen-bond acceptors (Lipinski definition) is 2. The Morgan fingerprint density at radius 2 is 0.966 bits per heavy atom. The van der Waals surface area contributed by atoms with Crippen molar-refractivity contribution in [3.8, 4) is 0 Å². The Hall–Kier alpha value is -1.08. The van der Waals surface area contributed by atoms with E-state index >= 15 is 0 Å². The zero-order valence-electron chi connectivity index (χ0n) is 16.3. The van der Waals surface area contributed by atoms with Crippen molar-refractivity contribution in [1.82, 2.24) is 0 Å². The topological polar surface area (TPSA) is 40.5 Å². The average molecular weight is 491 g/mol. The summed E-state index contributed by atoms with van der Waals surface area (Å²) < 4.78 is 0. The molecule has 0 aliphatic heterocycles. The van der Waals surface area contributed by atoms with E-state index in [2.05, 4.69) is 81.7 Å². The van der Waals surface area contributed by atoms with Gasteiger partial charge >= 0.3 is 169 Å². The van der Waals surface area contributed by atoms with Crippen molar-refractivity contribution in [1.29, 1.82) is 0 Å². The van der Waals surface area contributed by atoms with E-state index in [-0.39, 0.29) is 22.9 Å². The van der Waals surface area contributed by atoms with Crippen molar-refractivity contribution in [3.05, 3.63) is 91.0 Å². The fraction of sp³-hybridized carbons (Fsp3) is 0.250. The number of aliphatic hydroxyl groups is 2. The van der Waals surface area contributed by atoms with Gasteiger partial charge in [-0.05, 0) is 0 Å². The Kier molecular flexibility index (Phi) is 6.99. The number of halogens is 1. The van der Waals surface area contributed by atoms with E-state index in [4.69, 9.17) is 0 Å². The van der Waals surface area contributed by atoms with Crippen LogP contribution < -0.4 is 15.9 Å². The van der Waals surface area contributed by atoms with Crippen LogP contribution in [0.2, 0.25) is 0 Å². The van der Waals surface area contributed by atoms with Gasteiger partial charge in [0.15, 0.2) is 0 Å². The van der Waals surface area contributed by atoms with E-state index < -0.39 is 18.5 Å². The summed E-state index contributed by atoms with van der Waals surface area (Å²) in [5, 5.41) is 25.3. The zero-order chi connectivity index (χ0) is 19.6. The summed E-state index contributed by atoms with van der Waals surface area (Å²) in [5.74, 6) is -0.143. The van der Waals surface area contributed by atoms with E-state index in [0.717, 1.165) is 6.16 Å². The molecule has 0 heterocycles. The van der Waals surface area contributed by atoms with E-state index in [0.29, 0.717) is 12.8 Å². The van der Waals surface area contributed by atoms with Gasteiger partial charge in [0.05, 0.1) is 0 Å². The third-order valence-corrected chi connectivity index (χ3v) is 15.3. The maximum absolute atomic E-state index is 10.7. The van der Waals surface area contributed by atoms with Crippen LogP contribution in [-0.2, 0) is 0 Å². The molecule has 3 atom stereocenters. The summed E-state index contributed by atoms with van der Waals surface area (Å²) >= 11 is 0. The number of benzene rings is 3. The van der Waals surface area contributed by atoms with Gasteiger partial charge in [0.1, 0.15) is 0 Å². The van der Waals surface area contributed by atoms with Crippen molar-refractivity contribution < 1.29 is 10.2 Å². The molecule has 0 amide bonds. The monoisotopic (exact) mass is 490 g/mol. The first kappa shape index (κ1) is 22.6. The van der Waals surface area contributed by atoms with Crippen LogP contribution in [0.25, 0.3) is 0 Å². The number of hydrogen-bond donors (Lipinski definition) is 2. The quantitative estimate of drug-likeness (QED) is 0.530. The summed E-state index contributed by atoms with van der Waals surface area (Å²) in [6.45, 7) is 0. The van der Waals surface area contributed by atoms with Crippen LogP contribution in [-0.4, -0.2) is 28.6 Å². The molecule has 3 unspecified atom stereocenters. The molecule has 0 radical (unpaired) electrons. The molecule has 5 heteroatoms. The maximum atomic E-state index is 10.7. The molecule has 0 spiro atoms. The molecule has 1 aliphatic rings. The molecular weight excluding hydrogens is 462 g/mol. The van der Waals surface area contributed by atoms with Crippen LogP contribution >= 0.6 is 32.2 Å². The second-order valence-corrected chi connectivity index (χ2v) is 16.0. The summed E-state index contributed by atoms with van der Waals surface area (Å²) in [6.07, 6.45) is -1.85. The molecule has 2 N–H and O–H groups in total. The Morgan fingerprint density at radius 1 is 0.655 bits per heavy atom. The summed E-state index contributed by atoms with van der Waals surface area (Å²) in [7, 11) is 3.29. The molecule has 1 saturated carbocycles. The molecule has 3 aromatic rings. The second kappa shape index (κ2) is 8.96. The number of rotatable bonds is 5. The Labute approximate surface area is 186 Å². The molecular formula is C24H29BrO2P2. The van der Waals surface area contributed by atoms with E-state index in [1.807, 2.05) is 18.2 Å². The average Bonchev–Trinajstić information content (AvgIpc) is 3.07. The third kappa shape index (κ3) is 3.85. The van der Waals surface area contributed by atoms with Crippen LogP contribution in [0.5, 0.6) is 0 Å². The van der Waals surface area contributed by atoms with Crippen LogP contribution in [0.15, 0.2) is 91.0 Å². The fourth-order valence-electron chi connectivity index (χ4n) is 4.78. The zero-order valence-corrected chi connectivity index (χ0v) is 20.1. The molecule has 0 bridgehead atoms. The first-order chi connectivity index (χ1) is 13.5. The first-order valence-corrected chi connectivity index (χ1v) is 13.9. The normalized spacial score (nSPS) is 23.0. The van der Waals surface area contributed by atoms with Gasteiger partial charge in [0.2, 0.25) is 0 Å². The second-order valence-electron chi connectivity index (χ2n) is 7.94. The minimum absolute atomic E-state index is 0. The van der Waals surface area contributed by atoms with Gasteiger partial charge in [0, 0.05) is 0 Å². The molecule has 1 fully saturated rings. The fourth-order valence-corrected chi connectivity index (χ4v) is 12.5. The van der Waals surface area contributed by atoms with Gasteiger partial charge in [-0.1, -0.05) is 0 Å². The SMILES string of the molecule is Br.OC1CCC(O)C1CP(P)(c1ccccc1)(c1ccccc1)c1ccccc1. The summed E-state index contributed by atoms with van der Waals surface area (Å²) in [4.78, 5) is 0. The van der Waals surface area contributed by atoms with Gasteiger partial charge in [-0.3, -0.25) is 0 Å². The standard InChI is InChI=1S/C24H28O2P2.BrH/c25-23-16-17-24(26)22(23)18-28(27,19-10-4-1-5-11-19,20-12-6-2-7-13-20)21-14-8-3-9-15-21;/h1-15,22-26H,16-18,27H2;1H. The van der Waals surface area contributed by atoms with Crippen molar-refractivity contribution in [2.75, 3.05) is 6.16 Å². The Balaban J connectivity index is 0.00000240. The molecule has 3 aromatic carbocycles. The van der Waals surface area contributed by atoms with Crippen molar-refractivity contribution in [2.45, 2.75) is 25.0 Å². The predicted molar refractivity (Wildman–Crippen MR) is 135 cm³/mol. The van der Waals surface area contributed by atoms with Gasteiger partial charge < -0.3 is 0 Å². The van der Waals surface area contributed by atoms with Crippen molar-refractivity contribution in [3.63, 3.8) is 0 Å². The van der Waals surface area contributed by atoms with Crippen LogP contribution in [0.4, 0.5) is 0 Å². The Bertz CT molecular complexity index is 812. The third-order valence-electron chi connectivity index (χ3n) is 6.37. The molecule has 154 valence electrons. The van der Waals surface area contributed by atoms with E-state index in [1.165, 1.54) is 15.9 Å². The van der Waals surface area contributed by atoms with Crippen LogP contribution in [0.1, 0.15) is 12.8 Å². The summed E-state index contributed by atoms with van der Waals surface area (Å²) in [5.41, 5.74) is 0. The van der Waals surface area contributed by atoms with Gasteiger partial charge in [-0.2, -0.15) is 0 Å². The molecule has 4 rings (SSSR count). The molecule has 29 heavy (non-hydrogen) atoms. The van der Waals surface area contributed by atoms with E-state index in [9.17, 15) is 10.2 Å². The molecule has 2 nitrogen and oxygen atoms in total. The molecule has 1 aliphatic carbocycles. The van der Waals surface area contributed by atoms with E-state index in [1.54, 1.807) is 0 Å². The Morgan fingerprint density at radius 3 is 1.28 bits per heavy atom. The predicted octanol–water partition coefficient (Wildman–Crippen LogP) is 4.02. The van der Waals surface area contributed by atoms with Crippen molar-refractivity contribution in [2.24, 2.45) is 5.92 Å². The molecule has 0 saturated heterocycles. The van der Waals surface area contributed by atoms with Gasteiger partial charge in [-0.25, -0.2) is 0 Å². The van der Waals surface area contributed by atoms with Crippen LogP contribution in [0, 0.1) is 5.92 Å². The van der Waals surface area contributed by atoms with Crippen LogP contribution in [0.3, 0.4) is 0 Å². The molecule has 0 aromatic heterocycles. The summed E-state index contributed by atoms with van der Waals surface area (Å²) in [6, 6.07) is 31.9. The number of aliphatic hydroxyl groups excluding tert-OH is 2. The van der Waals surface area contributed by atoms with Gasteiger partial charge in [0.25, 0.3) is 0 Å². The minimum atomic E-state index is -2.99. The first-order valence-electron chi connectivity index (χ1n) is 9.89. The van der Waals surface area contributed by atoms with Crippen molar-refractivity contribution >= 4 is 48.1 Å².